The van der Waals surface area contributed by atoms with E-state index in [0.717, 1.165) is 23.0 Å². The van der Waals surface area contributed by atoms with Crippen LogP contribution in [0.25, 0.3) is 0 Å². The first-order chi connectivity index (χ1) is 7.34. The predicted octanol–water partition coefficient (Wildman–Crippen LogP) is 3.80. The average molecular weight is 270 g/mol. The summed E-state index contributed by atoms with van der Waals surface area (Å²) in [5.41, 5.74) is 0. The van der Waals surface area contributed by atoms with Gasteiger partial charge in [0.05, 0.1) is 6.61 Å². The van der Waals surface area contributed by atoms with Crippen molar-refractivity contribution in [2.45, 2.75) is 32.1 Å². The molecule has 0 amide bonds. The largest absolute Gasteiger partial charge is 0.478 e. The van der Waals surface area contributed by atoms with Crippen molar-refractivity contribution in [3.63, 3.8) is 0 Å². The van der Waals surface area contributed by atoms with Crippen molar-refractivity contribution in [2.24, 2.45) is 5.92 Å². The van der Waals surface area contributed by atoms with Gasteiger partial charge in [0.25, 0.3) is 0 Å². The Kier molecular flexibility index (Phi) is 4.01. The molecular formula is C12H16BrNO. The van der Waals surface area contributed by atoms with Crippen LogP contribution in [-0.4, -0.2) is 11.6 Å². The number of ether oxygens (including phenoxy) is 1. The third-order valence-electron chi connectivity index (χ3n) is 2.94. The summed E-state index contributed by atoms with van der Waals surface area (Å²) in [4.78, 5) is 4.23. The monoisotopic (exact) mass is 269 g/mol. The second-order valence-electron chi connectivity index (χ2n) is 4.09. The lowest BCUT2D eigenvalue weighted by Gasteiger charge is -2.09. The van der Waals surface area contributed by atoms with Crippen molar-refractivity contribution in [1.82, 2.24) is 4.98 Å². The number of aromatic nitrogens is 1. The molecule has 1 heterocycles. The van der Waals surface area contributed by atoms with E-state index in [2.05, 4.69) is 20.9 Å². The molecule has 1 aromatic rings. The first-order valence-corrected chi connectivity index (χ1v) is 6.39. The maximum absolute atomic E-state index is 5.61. The van der Waals surface area contributed by atoms with Crippen LogP contribution < -0.4 is 4.74 Å². The maximum atomic E-state index is 5.61. The van der Waals surface area contributed by atoms with Gasteiger partial charge < -0.3 is 4.74 Å². The molecule has 0 bridgehead atoms. The van der Waals surface area contributed by atoms with Crippen molar-refractivity contribution in [3.05, 3.63) is 22.8 Å². The van der Waals surface area contributed by atoms with Crippen LogP contribution in [0.3, 0.4) is 0 Å². The Labute approximate surface area is 99.2 Å². The molecule has 0 aliphatic heterocycles. The summed E-state index contributed by atoms with van der Waals surface area (Å²) in [5.74, 6) is 1.61. The highest BCUT2D eigenvalue weighted by Gasteiger charge is 2.14. The van der Waals surface area contributed by atoms with Gasteiger partial charge in [0.1, 0.15) is 4.60 Å². The Balaban J connectivity index is 1.73. The topological polar surface area (TPSA) is 22.1 Å². The van der Waals surface area contributed by atoms with Crippen LogP contribution >= 0.6 is 15.9 Å². The quantitative estimate of drug-likeness (QED) is 0.776. The molecule has 0 radical (unpaired) electrons. The molecule has 3 heteroatoms. The SMILES string of the molecule is Brc1cccc(OCCC2CCCC2)n1. The van der Waals surface area contributed by atoms with Gasteiger partial charge in [-0.1, -0.05) is 31.7 Å². The molecule has 0 aromatic carbocycles. The van der Waals surface area contributed by atoms with Crippen molar-refractivity contribution in [2.75, 3.05) is 6.61 Å². The molecule has 1 saturated carbocycles. The highest BCUT2D eigenvalue weighted by molar-refractivity contribution is 9.10. The van der Waals surface area contributed by atoms with Crippen LogP contribution in [0.1, 0.15) is 32.1 Å². The molecule has 1 aliphatic carbocycles. The fourth-order valence-electron chi connectivity index (χ4n) is 2.10. The summed E-state index contributed by atoms with van der Waals surface area (Å²) in [5, 5.41) is 0. The van der Waals surface area contributed by atoms with Crippen molar-refractivity contribution < 1.29 is 4.74 Å². The van der Waals surface area contributed by atoms with Gasteiger partial charge >= 0.3 is 0 Å². The van der Waals surface area contributed by atoms with Gasteiger partial charge in [-0.15, -0.1) is 0 Å². The number of nitrogens with zero attached hydrogens (tertiary/aromatic N) is 1. The minimum absolute atomic E-state index is 0.724. The third-order valence-corrected chi connectivity index (χ3v) is 3.38. The molecule has 0 unspecified atom stereocenters. The molecule has 0 atom stereocenters. The van der Waals surface area contributed by atoms with E-state index in [1.54, 1.807) is 0 Å². The fourth-order valence-corrected chi connectivity index (χ4v) is 2.43. The normalized spacial score (nSPS) is 16.9. The van der Waals surface area contributed by atoms with Gasteiger partial charge in [-0.25, -0.2) is 4.98 Å². The molecule has 0 saturated heterocycles. The van der Waals surface area contributed by atoms with E-state index < -0.39 is 0 Å². The Morgan fingerprint density at radius 3 is 2.87 bits per heavy atom. The summed E-state index contributed by atoms with van der Waals surface area (Å²) < 4.78 is 6.44. The van der Waals surface area contributed by atoms with E-state index in [9.17, 15) is 0 Å². The van der Waals surface area contributed by atoms with Gasteiger partial charge in [-0.3, -0.25) is 0 Å². The maximum Gasteiger partial charge on any atom is 0.214 e. The van der Waals surface area contributed by atoms with E-state index in [4.69, 9.17) is 4.74 Å². The van der Waals surface area contributed by atoms with Crippen LogP contribution in [0.2, 0.25) is 0 Å². The Bertz CT molecular complexity index is 310. The standard InChI is InChI=1S/C12H16BrNO/c13-11-6-3-7-12(14-11)15-9-8-10-4-1-2-5-10/h3,6-7,10H,1-2,4-5,8-9H2. The summed E-state index contributed by atoms with van der Waals surface area (Å²) in [7, 11) is 0. The summed E-state index contributed by atoms with van der Waals surface area (Å²) in [6.07, 6.45) is 6.75. The van der Waals surface area contributed by atoms with Crippen LogP contribution in [0.4, 0.5) is 0 Å². The first kappa shape index (κ1) is 10.9. The smallest absolute Gasteiger partial charge is 0.214 e. The number of hydrogen-bond donors (Lipinski definition) is 0. The highest BCUT2D eigenvalue weighted by Crippen LogP contribution is 2.27. The van der Waals surface area contributed by atoms with Crippen molar-refractivity contribution in [3.8, 4) is 5.88 Å². The predicted molar refractivity (Wildman–Crippen MR) is 64.0 cm³/mol. The van der Waals surface area contributed by atoms with Crippen molar-refractivity contribution >= 4 is 15.9 Å². The van der Waals surface area contributed by atoms with E-state index in [0.29, 0.717) is 0 Å². The molecule has 1 aromatic heterocycles. The van der Waals surface area contributed by atoms with E-state index >= 15 is 0 Å². The number of rotatable bonds is 4. The van der Waals surface area contributed by atoms with Crippen LogP contribution in [0, 0.1) is 5.92 Å². The summed E-state index contributed by atoms with van der Waals surface area (Å²) in [6, 6.07) is 5.76. The molecule has 1 aliphatic rings. The molecular weight excluding hydrogens is 254 g/mol. The van der Waals surface area contributed by atoms with Crippen molar-refractivity contribution in [1.29, 1.82) is 0 Å². The zero-order valence-electron chi connectivity index (χ0n) is 8.79. The van der Waals surface area contributed by atoms with Crippen LogP contribution in [-0.2, 0) is 0 Å². The molecule has 0 N–H and O–H groups in total. The number of halogens is 1. The lowest BCUT2D eigenvalue weighted by molar-refractivity contribution is 0.269. The lowest BCUT2D eigenvalue weighted by Crippen LogP contribution is -2.04. The fraction of sp³-hybridized carbons (Fsp3) is 0.583. The second kappa shape index (κ2) is 5.50. The minimum Gasteiger partial charge on any atom is -0.478 e. The number of pyridine rings is 1. The molecule has 0 spiro atoms. The Morgan fingerprint density at radius 1 is 1.33 bits per heavy atom. The van der Waals surface area contributed by atoms with Gasteiger partial charge in [-0.05, 0) is 34.3 Å². The summed E-state index contributed by atoms with van der Waals surface area (Å²) >= 11 is 3.33. The van der Waals surface area contributed by atoms with Crippen LogP contribution in [0.15, 0.2) is 22.8 Å². The lowest BCUT2D eigenvalue weighted by atomic mass is 10.1. The Hall–Kier alpha value is -0.570. The first-order valence-electron chi connectivity index (χ1n) is 5.60. The number of hydrogen-bond acceptors (Lipinski definition) is 2. The summed E-state index contributed by atoms with van der Waals surface area (Å²) in [6.45, 7) is 0.800. The zero-order valence-corrected chi connectivity index (χ0v) is 10.4. The van der Waals surface area contributed by atoms with E-state index in [-0.39, 0.29) is 0 Å². The third kappa shape index (κ3) is 3.49. The molecule has 2 nitrogen and oxygen atoms in total. The Morgan fingerprint density at radius 2 is 2.13 bits per heavy atom. The van der Waals surface area contributed by atoms with Gasteiger partial charge in [-0.2, -0.15) is 0 Å². The average Bonchev–Trinajstić information content (AvgIpc) is 2.71. The van der Waals surface area contributed by atoms with Crippen LogP contribution in [0.5, 0.6) is 5.88 Å². The zero-order chi connectivity index (χ0) is 10.5. The van der Waals surface area contributed by atoms with Gasteiger partial charge in [0, 0.05) is 6.07 Å². The highest BCUT2D eigenvalue weighted by atomic mass is 79.9. The van der Waals surface area contributed by atoms with E-state index in [1.807, 2.05) is 18.2 Å². The molecule has 82 valence electrons. The van der Waals surface area contributed by atoms with E-state index in [1.165, 1.54) is 32.1 Å². The van der Waals surface area contributed by atoms with Gasteiger partial charge in [0.2, 0.25) is 5.88 Å². The minimum atomic E-state index is 0.724. The second-order valence-corrected chi connectivity index (χ2v) is 4.90. The molecule has 1 fully saturated rings. The van der Waals surface area contributed by atoms with Gasteiger partial charge in [0.15, 0.2) is 0 Å². The molecule has 15 heavy (non-hydrogen) atoms. The molecule has 2 rings (SSSR count).